The number of hydrogen-bond acceptors (Lipinski definition) is 5. The van der Waals surface area contributed by atoms with Crippen molar-refractivity contribution in [1.82, 2.24) is 5.32 Å². The average molecular weight is 920 g/mol. The number of phosphoric acid groups is 1. The van der Waals surface area contributed by atoms with Crippen molar-refractivity contribution in [2.75, 3.05) is 40.9 Å². The molecule has 0 saturated heterocycles. The molecule has 374 valence electrons. The van der Waals surface area contributed by atoms with Crippen molar-refractivity contribution in [2.45, 2.75) is 244 Å². The second-order valence-corrected chi connectivity index (χ2v) is 20.7. The molecule has 0 spiro atoms. The maximum absolute atomic E-state index is 12.9. The van der Waals surface area contributed by atoms with Gasteiger partial charge in [-0.15, -0.1) is 0 Å². The monoisotopic (exact) mass is 920 g/mol. The van der Waals surface area contributed by atoms with Crippen LogP contribution >= 0.6 is 7.82 Å². The van der Waals surface area contributed by atoms with Gasteiger partial charge < -0.3 is 19.8 Å². The van der Waals surface area contributed by atoms with Gasteiger partial charge >= 0.3 is 7.82 Å². The first-order valence-electron chi connectivity index (χ1n) is 26.7. The molecule has 0 heterocycles. The molecule has 9 heteroatoms. The van der Waals surface area contributed by atoms with Gasteiger partial charge in [0, 0.05) is 6.42 Å². The first-order valence-corrected chi connectivity index (χ1v) is 28.2. The number of hydrogen-bond donors (Lipinski definition) is 3. The summed E-state index contributed by atoms with van der Waals surface area (Å²) in [5.74, 6) is -0.189. The van der Waals surface area contributed by atoms with Gasteiger partial charge in [0.2, 0.25) is 5.91 Å². The van der Waals surface area contributed by atoms with Crippen LogP contribution in [0.5, 0.6) is 0 Å². The smallest absolute Gasteiger partial charge is 0.387 e. The van der Waals surface area contributed by atoms with Gasteiger partial charge in [-0.1, -0.05) is 216 Å². The summed E-state index contributed by atoms with van der Waals surface area (Å²) in [5.41, 5.74) is 0. The van der Waals surface area contributed by atoms with Gasteiger partial charge in [0.05, 0.1) is 39.9 Å². The lowest BCUT2D eigenvalue weighted by Crippen LogP contribution is -2.45. The summed E-state index contributed by atoms with van der Waals surface area (Å²) in [6, 6.07) is -0.861. The van der Waals surface area contributed by atoms with Crippen LogP contribution in [0.1, 0.15) is 232 Å². The van der Waals surface area contributed by atoms with Crippen LogP contribution in [0.15, 0.2) is 60.8 Å². The predicted octanol–water partition coefficient (Wildman–Crippen LogP) is 15.8. The highest BCUT2D eigenvalue weighted by Crippen LogP contribution is 2.43. The normalized spacial score (nSPS) is 14.5. The van der Waals surface area contributed by atoms with Crippen LogP contribution in [0.4, 0.5) is 0 Å². The molecule has 0 bridgehead atoms. The van der Waals surface area contributed by atoms with E-state index >= 15 is 0 Å². The van der Waals surface area contributed by atoms with E-state index in [4.69, 9.17) is 9.05 Å². The molecule has 3 unspecified atom stereocenters. The minimum Gasteiger partial charge on any atom is -0.387 e. The van der Waals surface area contributed by atoms with Crippen LogP contribution in [-0.2, 0) is 18.4 Å². The number of allylic oxidation sites excluding steroid dienone is 9. The number of amides is 1. The van der Waals surface area contributed by atoms with Gasteiger partial charge in [0.1, 0.15) is 13.2 Å². The van der Waals surface area contributed by atoms with Crippen LogP contribution in [0.2, 0.25) is 0 Å². The fourth-order valence-corrected chi connectivity index (χ4v) is 8.21. The molecule has 0 fully saturated rings. The quantitative estimate of drug-likeness (QED) is 0.0243. The third-order valence-electron chi connectivity index (χ3n) is 11.7. The molecule has 0 aromatic rings. The molecule has 64 heavy (non-hydrogen) atoms. The molecule has 1 amide bonds. The Morgan fingerprint density at radius 2 is 0.906 bits per heavy atom. The number of nitrogens with zero attached hydrogens (tertiary/aromatic N) is 1. The highest BCUT2D eigenvalue weighted by molar-refractivity contribution is 7.47. The van der Waals surface area contributed by atoms with Crippen LogP contribution in [0.25, 0.3) is 0 Å². The summed E-state index contributed by atoms with van der Waals surface area (Å²) >= 11 is 0. The number of likely N-dealkylation sites (N-methyl/N-ethyl adjacent to an activating group) is 1. The lowest BCUT2D eigenvalue weighted by atomic mass is 10.0. The van der Waals surface area contributed by atoms with E-state index in [2.05, 4.69) is 67.8 Å². The van der Waals surface area contributed by atoms with Crippen molar-refractivity contribution in [3.63, 3.8) is 0 Å². The van der Waals surface area contributed by atoms with Gasteiger partial charge in [-0.05, 0) is 70.6 Å². The Hall–Kier alpha value is -1.80. The zero-order valence-electron chi connectivity index (χ0n) is 42.5. The van der Waals surface area contributed by atoms with Gasteiger partial charge in [0.25, 0.3) is 0 Å². The van der Waals surface area contributed by atoms with Crippen LogP contribution in [0.3, 0.4) is 0 Å². The number of carbonyl (C=O) groups is 1. The molecule has 0 rings (SSSR count). The maximum Gasteiger partial charge on any atom is 0.472 e. The molecule has 3 N–H and O–H groups in total. The number of aliphatic hydroxyl groups is 1. The zero-order chi connectivity index (χ0) is 47.1. The number of quaternary nitrogens is 1. The van der Waals surface area contributed by atoms with Crippen molar-refractivity contribution in [3.05, 3.63) is 60.8 Å². The summed E-state index contributed by atoms with van der Waals surface area (Å²) < 4.78 is 23.5. The van der Waals surface area contributed by atoms with E-state index in [1.165, 1.54) is 161 Å². The van der Waals surface area contributed by atoms with Gasteiger partial charge in [-0.25, -0.2) is 4.57 Å². The number of phosphoric ester groups is 1. The summed E-state index contributed by atoms with van der Waals surface area (Å²) in [6.07, 6.45) is 62.0. The van der Waals surface area contributed by atoms with Crippen molar-refractivity contribution < 1.29 is 32.9 Å². The number of unbranched alkanes of at least 4 members (excludes halogenated alkanes) is 27. The lowest BCUT2D eigenvalue weighted by molar-refractivity contribution is -0.870. The topological polar surface area (TPSA) is 105 Å². The molecule has 0 saturated carbocycles. The molecule has 3 atom stereocenters. The second kappa shape index (κ2) is 46.3. The lowest BCUT2D eigenvalue weighted by Gasteiger charge is -2.25. The first kappa shape index (κ1) is 62.2. The summed E-state index contributed by atoms with van der Waals surface area (Å²) in [4.78, 5) is 23.1. The van der Waals surface area contributed by atoms with Gasteiger partial charge in [-0.3, -0.25) is 13.8 Å². The molecular weight excluding hydrogens is 816 g/mol. The van der Waals surface area contributed by atoms with Crippen LogP contribution in [-0.4, -0.2) is 73.4 Å². The Labute approximate surface area is 396 Å². The SMILES string of the molecule is CCCCC/C=C/CC/C=C/C(O)C(COP(=O)(O)OCC[N+](C)(C)C)NC(=O)CCCCCCCCCCCCCCCCCCCC/C=C\C/C=C\C/C=C\CCCCCCC. The van der Waals surface area contributed by atoms with E-state index < -0.39 is 20.0 Å². The largest absolute Gasteiger partial charge is 0.472 e. The minimum atomic E-state index is -4.34. The number of nitrogens with one attached hydrogen (secondary N) is 1. The highest BCUT2D eigenvalue weighted by Gasteiger charge is 2.27. The molecule has 0 aliphatic rings. The third kappa shape index (κ3) is 48.1. The standard InChI is InChI=1S/C55H103N2O6P/c1-6-8-10-12-14-16-17-18-19-20-21-22-23-24-25-26-27-28-29-30-31-32-33-34-35-36-37-38-39-41-43-45-47-49-55(59)56-53(52-63-64(60,61)62-51-50-57(3,4)5)54(58)48-46-44-42-40-15-13-11-9-7-2/h15,17-18,20-21,23-24,40,46,48,53-54,58H,6-14,16,19,22,25-39,41-45,47,49-52H2,1-5H3,(H-,56,59,60,61)/p+1/b18-17-,21-20-,24-23-,40-15+,48-46+. The van der Waals surface area contributed by atoms with Crippen LogP contribution < -0.4 is 5.32 Å². The molecule has 0 aromatic heterocycles. The van der Waals surface area contributed by atoms with Gasteiger partial charge in [0.15, 0.2) is 0 Å². The summed E-state index contributed by atoms with van der Waals surface area (Å²) in [6.45, 7) is 4.73. The predicted molar refractivity (Wildman–Crippen MR) is 277 cm³/mol. The minimum absolute atomic E-state index is 0.0551. The number of rotatable bonds is 48. The Morgan fingerprint density at radius 1 is 0.531 bits per heavy atom. The molecular formula is C55H104N2O6P+. The maximum atomic E-state index is 12.9. The Kier molecular flexibility index (Phi) is 45.0. The van der Waals surface area contributed by atoms with Crippen molar-refractivity contribution >= 4 is 13.7 Å². The van der Waals surface area contributed by atoms with E-state index in [0.29, 0.717) is 17.4 Å². The molecule has 0 aliphatic carbocycles. The number of carbonyl (C=O) groups excluding carboxylic acids is 1. The zero-order valence-corrected chi connectivity index (χ0v) is 43.4. The molecule has 0 radical (unpaired) electrons. The summed E-state index contributed by atoms with van der Waals surface area (Å²) in [5, 5.41) is 13.8. The van der Waals surface area contributed by atoms with Gasteiger partial charge in [-0.2, -0.15) is 0 Å². The summed E-state index contributed by atoms with van der Waals surface area (Å²) in [7, 11) is 1.55. The fourth-order valence-electron chi connectivity index (χ4n) is 7.48. The average Bonchev–Trinajstić information content (AvgIpc) is 3.25. The molecule has 8 nitrogen and oxygen atoms in total. The van der Waals surface area contributed by atoms with E-state index in [1.807, 2.05) is 27.2 Å². The van der Waals surface area contributed by atoms with Crippen molar-refractivity contribution in [2.24, 2.45) is 0 Å². The van der Waals surface area contributed by atoms with E-state index in [0.717, 1.165) is 51.4 Å². The van der Waals surface area contributed by atoms with Crippen molar-refractivity contribution in [3.8, 4) is 0 Å². The fraction of sp³-hybridized carbons (Fsp3) is 0.800. The van der Waals surface area contributed by atoms with Crippen molar-refractivity contribution in [1.29, 1.82) is 0 Å². The van der Waals surface area contributed by atoms with E-state index in [-0.39, 0.29) is 19.1 Å². The Morgan fingerprint density at radius 3 is 1.39 bits per heavy atom. The van der Waals surface area contributed by atoms with E-state index in [9.17, 15) is 19.4 Å². The van der Waals surface area contributed by atoms with E-state index in [1.54, 1.807) is 6.08 Å². The molecule has 0 aromatic carbocycles. The molecule has 0 aliphatic heterocycles. The first-order chi connectivity index (χ1) is 31.0. The highest BCUT2D eigenvalue weighted by atomic mass is 31.2. The van der Waals surface area contributed by atoms with Crippen LogP contribution in [0, 0.1) is 0 Å². The third-order valence-corrected chi connectivity index (χ3v) is 12.7. The Balaban J connectivity index is 3.96. The number of aliphatic hydroxyl groups excluding tert-OH is 1. The Bertz CT molecular complexity index is 1230. The second-order valence-electron chi connectivity index (χ2n) is 19.2.